The second-order valence-electron chi connectivity index (χ2n) is 6.70. The third-order valence-electron chi connectivity index (χ3n) is 4.71. The Kier molecular flexibility index (Phi) is 7.51. The van der Waals surface area contributed by atoms with Gasteiger partial charge in [-0.25, -0.2) is 4.99 Å². The number of hydrogen-bond donors (Lipinski definition) is 2. The predicted octanol–water partition coefficient (Wildman–Crippen LogP) is 3.09. The molecular formula is C22H27N3O5. The number of carbonyl (C=O) groups excluding carboxylic acids is 1. The van der Waals surface area contributed by atoms with Crippen LogP contribution in [-0.4, -0.2) is 52.5 Å². The molecule has 0 aliphatic carbocycles. The lowest BCUT2D eigenvalue weighted by Crippen LogP contribution is -2.36. The Morgan fingerprint density at radius 3 is 2.47 bits per heavy atom. The van der Waals surface area contributed by atoms with Crippen molar-refractivity contribution >= 4 is 17.6 Å². The van der Waals surface area contributed by atoms with Crippen molar-refractivity contribution < 1.29 is 23.7 Å². The molecule has 0 aromatic heterocycles. The summed E-state index contributed by atoms with van der Waals surface area (Å²) >= 11 is 0. The highest BCUT2D eigenvalue weighted by Crippen LogP contribution is 2.27. The molecule has 2 aromatic carbocycles. The van der Waals surface area contributed by atoms with E-state index in [1.165, 1.54) is 7.11 Å². The minimum atomic E-state index is -0.317. The lowest BCUT2D eigenvalue weighted by Gasteiger charge is -2.14. The van der Waals surface area contributed by atoms with Gasteiger partial charge in [0.1, 0.15) is 5.75 Å². The highest BCUT2D eigenvalue weighted by Gasteiger charge is 2.17. The van der Waals surface area contributed by atoms with Crippen LogP contribution in [0.3, 0.4) is 0 Å². The molecule has 2 aromatic rings. The number of methoxy groups -OCH3 is 3. The van der Waals surface area contributed by atoms with Gasteiger partial charge in [-0.05, 0) is 55.3 Å². The average Bonchev–Trinajstić information content (AvgIpc) is 3.31. The van der Waals surface area contributed by atoms with Crippen LogP contribution >= 0.6 is 0 Å². The fraction of sp³-hybridized carbons (Fsp3) is 0.364. The van der Waals surface area contributed by atoms with E-state index in [9.17, 15) is 4.79 Å². The first kappa shape index (κ1) is 21.4. The van der Waals surface area contributed by atoms with Gasteiger partial charge in [0.15, 0.2) is 11.5 Å². The number of guanidine groups is 1. The van der Waals surface area contributed by atoms with Crippen LogP contribution in [0.2, 0.25) is 0 Å². The van der Waals surface area contributed by atoms with Crippen LogP contribution in [0.15, 0.2) is 47.5 Å². The second kappa shape index (κ2) is 10.5. The minimum absolute atomic E-state index is 0.0654. The lowest BCUT2D eigenvalue weighted by molar-refractivity contribution is 0.0975. The van der Waals surface area contributed by atoms with Crippen LogP contribution in [0.25, 0.3) is 0 Å². The largest absolute Gasteiger partial charge is 0.497 e. The van der Waals surface area contributed by atoms with E-state index in [-0.39, 0.29) is 12.0 Å². The van der Waals surface area contributed by atoms with Crippen molar-refractivity contribution in [2.75, 3.05) is 39.8 Å². The topological polar surface area (TPSA) is 90.4 Å². The number of hydrogen-bond acceptors (Lipinski definition) is 6. The zero-order chi connectivity index (χ0) is 21.3. The zero-order valence-corrected chi connectivity index (χ0v) is 17.4. The van der Waals surface area contributed by atoms with Gasteiger partial charge in [0.05, 0.1) is 34.0 Å². The molecule has 1 fully saturated rings. The molecule has 0 bridgehead atoms. The minimum Gasteiger partial charge on any atom is -0.497 e. The third-order valence-corrected chi connectivity index (χ3v) is 4.71. The summed E-state index contributed by atoms with van der Waals surface area (Å²) in [4.78, 5) is 17.4. The summed E-state index contributed by atoms with van der Waals surface area (Å²) in [7, 11) is 4.69. The molecule has 3 rings (SSSR count). The van der Waals surface area contributed by atoms with E-state index in [1.807, 2.05) is 24.3 Å². The average molecular weight is 413 g/mol. The van der Waals surface area contributed by atoms with Crippen LogP contribution in [0, 0.1) is 0 Å². The first-order chi connectivity index (χ1) is 14.6. The van der Waals surface area contributed by atoms with E-state index < -0.39 is 0 Å². The number of carbonyl (C=O) groups is 1. The van der Waals surface area contributed by atoms with Crippen LogP contribution in [0.1, 0.15) is 23.2 Å². The SMILES string of the molecule is COc1ccc(NC(=NCC2CCCO2)NC(=O)c2ccc(OC)c(OC)c2)cc1. The molecule has 0 saturated carbocycles. The highest BCUT2D eigenvalue weighted by molar-refractivity contribution is 6.10. The molecule has 0 radical (unpaired) electrons. The van der Waals surface area contributed by atoms with Crippen molar-refractivity contribution in [3.05, 3.63) is 48.0 Å². The van der Waals surface area contributed by atoms with Gasteiger partial charge in [0.2, 0.25) is 5.96 Å². The van der Waals surface area contributed by atoms with Gasteiger partial charge in [0, 0.05) is 17.9 Å². The fourth-order valence-corrected chi connectivity index (χ4v) is 3.06. The molecule has 1 atom stereocenters. The molecule has 1 amide bonds. The number of nitrogens with zero attached hydrogens (tertiary/aromatic N) is 1. The first-order valence-corrected chi connectivity index (χ1v) is 9.73. The Balaban J connectivity index is 1.76. The normalized spacial score (nSPS) is 16.1. The summed E-state index contributed by atoms with van der Waals surface area (Å²) in [6.07, 6.45) is 2.05. The van der Waals surface area contributed by atoms with Gasteiger partial charge in [-0.1, -0.05) is 0 Å². The van der Waals surface area contributed by atoms with Crippen molar-refractivity contribution in [2.45, 2.75) is 18.9 Å². The van der Waals surface area contributed by atoms with Crippen LogP contribution in [0.5, 0.6) is 17.2 Å². The Morgan fingerprint density at radius 1 is 1.07 bits per heavy atom. The number of amides is 1. The van der Waals surface area contributed by atoms with Crippen molar-refractivity contribution in [1.82, 2.24) is 5.32 Å². The number of aliphatic imine (C=N–C) groups is 1. The van der Waals surface area contributed by atoms with Crippen molar-refractivity contribution in [2.24, 2.45) is 4.99 Å². The molecule has 1 aliphatic heterocycles. The van der Waals surface area contributed by atoms with E-state index in [1.54, 1.807) is 32.4 Å². The van der Waals surface area contributed by atoms with Crippen molar-refractivity contribution in [3.63, 3.8) is 0 Å². The van der Waals surface area contributed by atoms with Gasteiger partial charge in [-0.2, -0.15) is 0 Å². The van der Waals surface area contributed by atoms with Crippen LogP contribution < -0.4 is 24.8 Å². The quantitative estimate of drug-likeness (QED) is 0.536. The predicted molar refractivity (Wildman–Crippen MR) is 115 cm³/mol. The highest BCUT2D eigenvalue weighted by atomic mass is 16.5. The Bertz CT molecular complexity index is 877. The number of ether oxygens (including phenoxy) is 4. The molecule has 1 unspecified atom stereocenters. The maximum Gasteiger partial charge on any atom is 0.258 e. The summed E-state index contributed by atoms with van der Waals surface area (Å²) in [5.41, 5.74) is 1.20. The molecule has 2 N–H and O–H groups in total. The van der Waals surface area contributed by atoms with Gasteiger partial charge in [0.25, 0.3) is 5.91 Å². The van der Waals surface area contributed by atoms with E-state index >= 15 is 0 Å². The smallest absolute Gasteiger partial charge is 0.258 e. The maximum atomic E-state index is 12.8. The molecule has 8 nitrogen and oxygen atoms in total. The summed E-state index contributed by atoms with van der Waals surface area (Å²) in [6.45, 7) is 1.21. The summed E-state index contributed by atoms with van der Waals surface area (Å²) in [5.74, 6) is 1.80. The van der Waals surface area contributed by atoms with Gasteiger partial charge in [-0.3, -0.25) is 10.1 Å². The molecule has 1 aliphatic rings. The number of rotatable bonds is 7. The van der Waals surface area contributed by atoms with Crippen LogP contribution in [0.4, 0.5) is 5.69 Å². The summed E-state index contributed by atoms with van der Waals surface area (Å²) < 4.78 is 21.3. The van der Waals surface area contributed by atoms with Crippen molar-refractivity contribution in [3.8, 4) is 17.2 Å². The Labute approximate surface area is 176 Å². The van der Waals surface area contributed by atoms with Gasteiger partial charge < -0.3 is 24.3 Å². The lowest BCUT2D eigenvalue weighted by atomic mass is 10.2. The molecule has 1 saturated heterocycles. The number of nitrogens with one attached hydrogen (secondary N) is 2. The molecule has 1 heterocycles. The Morgan fingerprint density at radius 2 is 1.83 bits per heavy atom. The molecule has 8 heteroatoms. The van der Waals surface area contributed by atoms with E-state index in [2.05, 4.69) is 15.6 Å². The molecule has 0 spiro atoms. The van der Waals surface area contributed by atoms with E-state index in [0.717, 1.165) is 30.9 Å². The third kappa shape index (κ3) is 5.64. The van der Waals surface area contributed by atoms with E-state index in [4.69, 9.17) is 18.9 Å². The molecular weight excluding hydrogens is 386 g/mol. The van der Waals surface area contributed by atoms with Crippen LogP contribution in [-0.2, 0) is 4.74 Å². The van der Waals surface area contributed by atoms with E-state index in [0.29, 0.717) is 29.6 Å². The van der Waals surface area contributed by atoms with Crippen molar-refractivity contribution in [1.29, 1.82) is 0 Å². The molecule has 160 valence electrons. The fourth-order valence-electron chi connectivity index (χ4n) is 3.06. The zero-order valence-electron chi connectivity index (χ0n) is 17.4. The summed E-state index contributed by atoms with van der Waals surface area (Å²) in [5, 5.41) is 6.00. The maximum absolute atomic E-state index is 12.8. The second-order valence-corrected chi connectivity index (χ2v) is 6.70. The Hall–Kier alpha value is -3.26. The standard InChI is InChI=1S/C22H27N3O5/c1-27-17-9-7-16(8-10-17)24-22(23-14-18-5-4-12-30-18)25-21(26)15-6-11-19(28-2)20(13-15)29-3/h6-11,13,18H,4-5,12,14H2,1-3H3,(H2,23,24,25,26). The summed E-state index contributed by atoms with van der Waals surface area (Å²) in [6, 6.07) is 12.3. The van der Waals surface area contributed by atoms with Gasteiger partial charge >= 0.3 is 0 Å². The number of anilines is 1. The van der Waals surface area contributed by atoms with Gasteiger partial charge in [-0.15, -0.1) is 0 Å². The molecule has 30 heavy (non-hydrogen) atoms. The monoisotopic (exact) mass is 413 g/mol. The number of benzene rings is 2. The first-order valence-electron chi connectivity index (χ1n) is 9.73.